The van der Waals surface area contributed by atoms with Crippen LogP contribution < -0.4 is 4.74 Å². The Kier molecular flexibility index (Phi) is 3.21. The molecule has 4 nitrogen and oxygen atoms in total. The molecule has 2 aliphatic heterocycles. The lowest BCUT2D eigenvalue weighted by Crippen LogP contribution is -2.46. The number of carbonyl (C=O) groups excluding carboxylic acids is 2. The summed E-state index contributed by atoms with van der Waals surface area (Å²) in [5.74, 6) is 1.27. The fourth-order valence-electron chi connectivity index (χ4n) is 4.13. The van der Waals surface area contributed by atoms with E-state index in [-0.39, 0.29) is 17.6 Å². The molecule has 1 saturated heterocycles. The average molecular weight is 299 g/mol. The van der Waals surface area contributed by atoms with Gasteiger partial charge in [-0.1, -0.05) is 25.0 Å². The molecule has 1 aromatic carbocycles. The molecule has 2 fully saturated rings. The van der Waals surface area contributed by atoms with Gasteiger partial charge in [0.25, 0.3) is 0 Å². The standard InChI is InChI=1S/C18H21NO3/c20-15-11-18(22-16-8-4-3-7-14(15)16)9-10-19(12-18)17(21)13-5-1-2-6-13/h3-4,7-8,13H,1-2,5-6,9-12H2. The van der Waals surface area contributed by atoms with E-state index in [9.17, 15) is 9.59 Å². The minimum atomic E-state index is -0.500. The summed E-state index contributed by atoms with van der Waals surface area (Å²) >= 11 is 0. The van der Waals surface area contributed by atoms with Gasteiger partial charge in [-0.3, -0.25) is 9.59 Å². The Morgan fingerprint density at radius 3 is 2.82 bits per heavy atom. The Labute approximate surface area is 130 Å². The second-order valence-electron chi connectivity index (χ2n) is 6.87. The molecule has 0 aromatic heterocycles. The van der Waals surface area contributed by atoms with Gasteiger partial charge >= 0.3 is 0 Å². The number of benzene rings is 1. The summed E-state index contributed by atoms with van der Waals surface area (Å²) < 4.78 is 6.18. The first-order chi connectivity index (χ1) is 10.7. The van der Waals surface area contributed by atoms with E-state index in [0.29, 0.717) is 30.8 Å². The molecule has 1 atom stereocenters. The highest BCUT2D eigenvalue weighted by Gasteiger charge is 2.47. The third-order valence-corrected chi connectivity index (χ3v) is 5.33. The molecule has 116 valence electrons. The molecule has 1 aromatic rings. The lowest BCUT2D eigenvalue weighted by molar-refractivity contribution is -0.135. The number of para-hydroxylation sites is 1. The summed E-state index contributed by atoms with van der Waals surface area (Å²) in [6.07, 6.45) is 5.51. The number of likely N-dealkylation sites (tertiary alicyclic amines) is 1. The number of fused-ring (bicyclic) bond motifs is 1. The number of Topliss-reactive ketones (excluding diaryl/α,β-unsaturated/α-hetero) is 1. The lowest BCUT2D eigenvalue weighted by Gasteiger charge is -2.34. The third kappa shape index (κ3) is 2.21. The van der Waals surface area contributed by atoms with Crippen LogP contribution in [0.1, 0.15) is 48.9 Å². The maximum atomic E-state index is 12.6. The Hall–Kier alpha value is -1.84. The predicted molar refractivity (Wildman–Crippen MR) is 81.9 cm³/mol. The molecule has 1 saturated carbocycles. The van der Waals surface area contributed by atoms with Gasteiger partial charge < -0.3 is 9.64 Å². The van der Waals surface area contributed by atoms with Gasteiger partial charge in [0.2, 0.25) is 5.91 Å². The van der Waals surface area contributed by atoms with Crippen LogP contribution in [0.15, 0.2) is 24.3 Å². The summed E-state index contributed by atoms with van der Waals surface area (Å²) in [6, 6.07) is 7.43. The van der Waals surface area contributed by atoms with Crippen molar-refractivity contribution in [2.75, 3.05) is 13.1 Å². The second-order valence-corrected chi connectivity index (χ2v) is 6.87. The van der Waals surface area contributed by atoms with E-state index in [0.717, 1.165) is 32.1 Å². The minimum Gasteiger partial charge on any atom is -0.484 e. The first-order valence-electron chi connectivity index (χ1n) is 8.27. The molecule has 2 heterocycles. The number of hydrogen-bond acceptors (Lipinski definition) is 3. The molecule has 1 aliphatic carbocycles. The summed E-state index contributed by atoms with van der Waals surface area (Å²) in [6.45, 7) is 1.27. The van der Waals surface area contributed by atoms with Gasteiger partial charge in [0.15, 0.2) is 5.78 Å². The molecule has 1 unspecified atom stereocenters. The molecular formula is C18H21NO3. The van der Waals surface area contributed by atoms with Crippen molar-refractivity contribution in [1.29, 1.82) is 0 Å². The zero-order valence-electron chi connectivity index (χ0n) is 12.7. The second kappa shape index (κ2) is 5.11. The van der Waals surface area contributed by atoms with E-state index in [1.165, 1.54) is 0 Å². The lowest BCUT2D eigenvalue weighted by atomic mass is 9.89. The normalized spacial score (nSPS) is 28.0. The van der Waals surface area contributed by atoms with Crippen LogP contribution in [0, 0.1) is 5.92 Å². The maximum Gasteiger partial charge on any atom is 0.225 e. The first kappa shape index (κ1) is 13.8. The van der Waals surface area contributed by atoms with Crippen molar-refractivity contribution in [3.8, 4) is 5.75 Å². The van der Waals surface area contributed by atoms with Crippen molar-refractivity contribution in [3.63, 3.8) is 0 Å². The van der Waals surface area contributed by atoms with Crippen molar-refractivity contribution in [3.05, 3.63) is 29.8 Å². The molecule has 0 N–H and O–H groups in total. The quantitative estimate of drug-likeness (QED) is 0.801. The molecule has 1 amide bonds. The van der Waals surface area contributed by atoms with E-state index in [1.54, 1.807) is 0 Å². The minimum absolute atomic E-state index is 0.136. The molecule has 3 aliphatic rings. The van der Waals surface area contributed by atoms with Crippen molar-refractivity contribution in [2.24, 2.45) is 5.92 Å². The Morgan fingerprint density at radius 2 is 2.00 bits per heavy atom. The highest BCUT2D eigenvalue weighted by molar-refractivity contribution is 6.00. The summed E-state index contributed by atoms with van der Waals surface area (Å²) in [5, 5.41) is 0. The Morgan fingerprint density at radius 1 is 1.23 bits per heavy atom. The van der Waals surface area contributed by atoms with Crippen LogP contribution in [0.2, 0.25) is 0 Å². The largest absolute Gasteiger partial charge is 0.484 e. The highest BCUT2D eigenvalue weighted by atomic mass is 16.5. The predicted octanol–water partition coefficient (Wildman–Crippen LogP) is 2.81. The highest BCUT2D eigenvalue weighted by Crippen LogP contribution is 2.39. The third-order valence-electron chi connectivity index (χ3n) is 5.33. The molecule has 4 heteroatoms. The molecular weight excluding hydrogens is 278 g/mol. The van der Waals surface area contributed by atoms with Crippen LogP contribution in [0.3, 0.4) is 0 Å². The maximum absolute atomic E-state index is 12.6. The van der Waals surface area contributed by atoms with Gasteiger partial charge in [0.05, 0.1) is 18.5 Å². The van der Waals surface area contributed by atoms with E-state index >= 15 is 0 Å². The molecule has 0 bridgehead atoms. The zero-order valence-corrected chi connectivity index (χ0v) is 12.7. The first-order valence-corrected chi connectivity index (χ1v) is 8.27. The van der Waals surface area contributed by atoms with E-state index in [1.807, 2.05) is 29.2 Å². The number of hydrogen-bond donors (Lipinski definition) is 0. The molecule has 22 heavy (non-hydrogen) atoms. The van der Waals surface area contributed by atoms with Crippen LogP contribution in [0.25, 0.3) is 0 Å². The van der Waals surface area contributed by atoms with Gasteiger partial charge in [-0.25, -0.2) is 0 Å². The van der Waals surface area contributed by atoms with Crippen LogP contribution in [-0.4, -0.2) is 35.3 Å². The van der Waals surface area contributed by atoms with Gasteiger partial charge in [0.1, 0.15) is 11.4 Å². The zero-order chi connectivity index (χ0) is 15.2. The number of ether oxygens (including phenoxy) is 1. The van der Waals surface area contributed by atoms with Crippen LogP contribution >= 0.6 is 0 Å². The average Bonchev–Trinajstić information content (AvgIpc) is 3.17. The number of rotatable bonds is 1. The van der Waals surface area contributed by atoms with Gasteiger partial charge in [-0.15, -0.1) is 0 Å². The topological polar surface area (TPSA) is 46.6 Å². The van der Waals surface area contributed by atoms with Crippen molar-refractivity contribution in [1.82, 2.24) is 4.90 Å². The summed E-state index contributed by atoms with van der Waals surface area (Å²) in [4.78, 5) is 26.9. The molecule has 1 spiro atoms. The van der Waals surface area contributed by atoms with Gasteiger partial charge in [-0.2, -0.15) is 0 Å². The molecule has 0 radical (unpaired) electrons. The number of carbonyl (C=O) groups is 2. The van der Waals surface area contributed by atoms with Crippen LogP contribution in [-0.2, 0) is 4.79 Å². The summed E-state index contributed by atoms with van der Waals surface area (Å²) in [7, 11) is 0. The smallest absolute Gasteiger partial charge is 0.225 e. The number of nitrogens with zero attached hydrogens (tertiary/aromatic N) is 1. The summed E-state index contributed by atoms with van der Waals surface area (Å²) in [5.41, 5.74) is 0.174. The van der Waals surface area contributed by atoms with Crippen molar-refractivity contribution >= 4 is 11.7 Å². The fourth-order valence-corrected chi connectivity index (χ4v) is 4.13. The Balaban J connectivity index is 1.52. The van der Waals surface area contributed by atoms with E-state index in [4.69, 9.17) is 4.74 Å². The van der Waals surface area contributed by atoms with Gasteiger partial charge in [0, 0.05) is 18.9 Å². The van der Waals surface area contributed by atoms with Crippen molar-refractivity contribution in [2.45, 2.75) is 44.1 Å². The number of ketones is 1. The van der Waals surface area contributed by atoms with Crippen molar-refractivity contribution < 1.29 is 14.3 Å². The molecule has 4 rings (SSSR count). The van der Waals surface area contributed by atoms with Gasteiger partial charge in [-0.05, 0) is 25.0 Å². The monoisotopic (exact) mass is 299 g/mol. The number of amides is 1. The van der Waals surface area contributed by atoms with Crippen LogP contribution in [0.4, 0.5) is 0 Å². The Bertz CT molecular complexity index is 621. The van der Waals surface area contributed by atoms with Crippen LogP contribution in [0.5, 0.6) is 5.75 Å². The SMILES string of the molecule is O=C1CC2(CCN(C(=O)C3CCCC3)C2)Oc2ccccc21. The van der Waals surface area contributed by atoms with E-state index < -0.39 is 5.60 Å². The van der Waals surface area contributed by atoms with E-state index in [2.05, 4.69) is 0 Å². The fraction of sp³-hybridized carbons (Fsp3) is 0.556.